The van der Waals surface area contributed by atoms with Crippen molar-refractivity contribution in [2.45, 2.75) is 52.9 Å². The third-order valence-corrected chi connectivity index (χ3v) is 1.85. The van der Waals surface area contributed by atoms with E-state index < -0.39 is 0 Å². The first-order chi connectivity index (χ1) is 5.61. The first kappa shape index (κ1) is 11.9. The molecule has 0 heterocycles. The van der Waals surface area contributed by atoms with Crippen LogP contribution in [-0.4, -0.2) is 30.8 Å². The van der Waals surface area contributed by atoms with Crippen molar-refractivity contribution in [1.82, 2.24) is 4.90 Å². The highest BCUT2D eigenvalue weighted by Gasteiger charge is 2.12. The molecular formula is C10H23NO. The van der Waals surface area contributed by atoms with E-state index in [0.29, 0.717) is 12.3 Å². The first-order valence-corrected chi connectivity index (χ1v) is 4.97. The third-order valence-electron chi connectivity index (χ3n) is 1.85. The second-order valence-electron chi connectivity index (χ2n) is 3.53. The summed E-state index contributed by atoms with van der Waals surface area (Å²) in [5.74, 6) is 0. The quantitative estimate of drug-likeness (QED) is 0.572. The molecule has 2 heteroatoms. The van der Waals surface area contributed by atoms with Gasteiger partial charge in [0, 0.05) is 0 Å². The van der Waals surface area contributed by atoms with Gasteiger partial charge in [0.05, 0.1) is 6.10 Å². The molecule has 0 spiro atoms. The van der Waals surface area contributed by atoms with Gasteiger partial charge in [-0.2, -0.15) is 0 Å². The molecule has 0 aliphatic heterocycles. The zero-order chi connectivity index (χ0) is 9.56. The lowest BCUT2D eigenvalue weighted by molar-refractivity contribution is -0.0791. The van der Waals surface area contributed by atoms with Crippen molar-refractivity contribution in [1.29, 1.82) is 0 Å². The van der Waals surface area contributed by atoms with Crippen LogP contribution < -0.4 is 0 Å². The molecule has 0 rings (SSSR count). The summed E-state index contributed by atoms with van der Waals surface area (Å²) in [6.07, 6.45) is 2.88. The van der Waals surface area contributed by atoms with Gasteiger partial charge in [-0.1, -0.05) is 13.8 Å². The maximum atomic E-state index is 5.74. The zero-order valence-electron chi connectivity index (χ0n) is 9.13. The molecule has 0 fully saturated rings. The van der Waals surface area contributed by atoms with Crippen LogP contribution in [0.4, 0.5) is 0 Å². The van der Waals surface area contributed by atoms with Crippen molar-refractivity contribution >= 4 is 0 Å². The molecule has 0 aliphatic carbocycles. The molecular weight excluding hydrogens is 150 g/mol. The van der Waals surface area contributed by atoms with Crippen molar-refractivity contribution < 1.29 is 4.74 Å². The molecule has 0 aliphatic rings. The summed E-state index contributed by atoms with van der Waals surface area (Å²) in [4.78, 5) is 2.28. The summed E-state index contributed by atoms with van der Waals surface area (Å²) < 4.78 is 5.74. The van der Waals surface area contributed by atoms with Gasteiger partial charge in [-0.15, -0.1) is 0 Å². The normalized spacial score (nSPS) is 14.2. The summed E-state index contributed by atoms with van der Waals surface area (Å²) in [7, 11) is 2.13. The standard InChI is InChI=1S/C10H23NO/c1-6-8-11(5)10(7-2)12-9(3)4/h9-10H,6-8H2,1-5H3. The van der Waals surface area contributed by atoms with Gasteiger partial charge in [-0.05, 0) is 40.3 Å². The predicted octanol–water partition coefficient (Wildman–Crippen LogP) is 2.49. The SMILES string of the molecule is CCCN(C)C(CC)OC(C)C. The number of ether oxygens (including phenoxy) is 1. The molecule has 0 bridgehead atoms. The fraction of sp³-hybridized carbons (Fsp3) is 1.00. The van der Waals surface area contributed by atoms with Gasteiger partial charge in [-0.25, -0.2) is 0 Å². The minimum absolute atomic E-state index is 0.296. The number of rotatable bonds is 6. The molecule has 0 aromatic heterocycles. The van der Waals surface area contributed by atoms with E-state index >= 15 is 0 Å². The molecule has 12 heavy (non-hydrogen) atoms. The van der Waals surface area contributed by atoms with Gasteiger partial charge >= 0.3 is 0 Å². The number of nitrogens with zero attached hydrogens (tertiary/aromatic N) is 1. The van der Waals surface area contributed by atoms with Crippen molar-refractivity contribution in [2.75, 3.05) is 13.6 Å². The Balaban J connectivity index is 3.78. The Morgan fingerprint density at radius 2 is 1.83 bits per heavy atom. The van der Waals surface area contributed by atoms with Crippen LogP contribution in [0.3, 0.4) is 0 Å². The molecule has 0 aromatic rings. The molecule has 0 saturated carbocycles. The Morgan fingerprint density at radius 3 is 2.17 bits per heavy atom. The lowest BCUT2D eigenvalue weighted by atomic mass is 10.3. The second-order valence-corrected chi connectivity index (χ2v) is 3.53. The average Bonchev–Trinajstić information content (AvgIpc) is 2.00. The van der Waals surface area contributed by atoms with E-state index in [9.17, 15) is 0 Å². The van der Waals surface area contributed by atoms with Gasteiger partial charge in [0.2, 0.25) is 0 Å². The van der Waals surface area contributed by atoms with Crippen LogP contribution in [0.2, 0.25) is 0 Å². The predicted molar refractivity (Wildman–Crippen MR) is 53.2 cm³/mol. The van der Waals surface area contributed by atoms with Crippen molar-refractivity contribution in [2.24, 2.45) is 0 Å². The number of hydrogen-bond donors (Lipinski definition) is 0. The zero-order valence-corrected chi connectivity index (χ0v) is 9.13. The van der Waals surface area contributed by atoms with Crippen LogP contribution in [0, 0.1) is 0 Å². The van der Waals surface area contributed by atoms with E-state index in [0.717, 1.165) is 13.0 Å². The fourth-order valence-electron chi connectivity index (χ4n) is 1.32. The van der Waals surface area contributed by atoms with Crippen LogP contribution >= 0.6 is 0 Å². The van der Waals surface area contributed by atoms with Gasteiger partial charge in [-0.3, -0.25) is 4.90 Å². The Kier molecular flexibility index (Phi) is 6.39. The van der Waals surface area contributed by atoms with Crippen LogP contribution in [-0.2, 0) is 4.74 Å². The molecule has 1 atom stereocenters. The van der Waals surface area contributed by atoms with Crippen LogP contribution in [0.25, 0.3) is 0 Å². The van der Waals surface area contributed by atoms with Gasteiger partial charge in [0.1, 0.15) is 6.23 Å². The van der Waals surface area contributed by atoms with Crippen molar-refractivity contribution in [3.63, 3.8) is 0 Å². The molecule has 0 radical (unpaired) electrons. The van der Waals surface area contributed by atoms with Crippen LogP contribution in [0.1, 0.15) is 40.5 Å². The summed E-state index contributed by atoms with van der Waals surface area (Å²) in [6.45, 7) is 9.65. The van der Waals surface area contributed by atoms with Gasteiger partial charge in [0.15, 0.2) is 0 Å². The lowest BCUT2D eigenvalue weighted by Crippen LogP contribution is -2.35. The summed E-state index contributed by atoms with van der Waals surface area (Å²) in [6, 6.07) is 0. The monoisotopic (exact) mass is 173 g/mol. The highest BCUT2D eigenvalue weighted by molar-refractivity contribution is 4.57. The summed E-state index contributed by atoms with van der Waals surface area (Å²) in [5, 5.41) is 0. The van der Waals surface area contributed by atoms with E-state index in [1.165, 1.54) is 6.42 Å². The van der Waals surface area contributed by atoms with Crippen molar-refractivity contribution in [3.05, 3.63) is 0 Å². The maximum absolute atomic E-state index is 5.74. The summed E-state index contributed by atoms with van der Waals surface area (Å²) in [5.41, 5.74) is 0. The molecule has 0 aromatic carbocycles. The Hall–Kier alpha value is -0.0800. The van der Waals surface area contributed by atoms with E-state index in [1.807, 2.05) is 0 Å². The van der Waals surface area contributed by atoms with Crippen LogP contribution in [0.5, 0.6) is 0 Å². The maximum Gasteiger partial charge on any atom is 0.110 e. The van der Waals surface area contributed by atoms with Crippen LogP contribution in [0.15, 0.2) is 0 Å². The Morgan fingerprint density at radius 1 is 1.25 bits per heavy atom. The fourth-order valence-corrected chi connectivity index (χ4v) is 1.32. The third kappa shape index (κ3) is 4.73. The van der Waals surface area contributed by atoms with Gasteiger partial charge < -0.3 is 4.74 Å². The average molecular weight is 173 g/mol. The molecule has 0 amide bonds. The largest absolute Gasteiger partial charge is 0.361 e. The first-order valence-electron chi connectivity index (χ1n) is 4.97. The highest BCUT2D eigenvalue weighted by Crippen LogP contribution is 2.06. The number of hydrogen-bond acceptors (Lipinski definition) is 2. The second kappa shape index (κ2) is 6.44. The Labute approximate surface area is 76.9 Å². The minimum Gasteiger partial charge on any atom is -0.361 e. The molecule has 74 valence electrons. The highest BCUT2D eigenvalue weighted by atomic mass is 16.5. The van der Waals surface area contributed by atoms with E-state index in [2.05, 4.69) is 39.6 Å². The van der Waals surface area contributed by atoms with E-state index in [-0.39, 0.29) is 0 Å². The van der Waals surface area contributed by atoms with Gasteiger partial charge in [0.25, 0.3) is 0 Å². The molecule has 1 unspecified atom stereocenters. The smallest absolute Gasteiger partial charge is 0.110 e. The minimum atomic E-state index is 0.296. The molecule has 0 saturated heterocycles. The lowest BCUT2D eigenvalue weighted by Gasteiger charge is -2.28. The topological polar surface area (TPSA) is 12.5 Å². The van der Waals surface area contributed by atoms with E-state index in [1.54, 1.807) is 0 Å². The molecule has 2 nitrogen and oxygen atoms in total. The summed E-state index contributed by atoms with van der Waals surface area (Å²) >= 11 is 0. The van der Waals surface area contributed by atoms with Crippen molar-refractivity contribution in [3.8, 4) is 0 Å². The van der Waals surface area contributed by atoms with E-state index in [4.69, 9.17) is 4.74 Å². The molecule has 0 N–H and O–H groups in total. The Bertz CT molecular complexity index is 104.